The van der Waals surface area contributed by atoms with Gasteiger partial charge in [0.1, 0.15) is 4.90 Å². The van der Waals surface area contributed by atoms with Crippen molar-refractivity contribution in [2.24, 2.45) is 0 Å². The quantitative estimate of drug-likeness (QED) is 0.727. The van der Waals surface area contributed by atoms with Crippen LogP contribution in [0.25, 0.3) is 10.2 Å². The van der Waals surface area contributed by atoms with Gasteiger partial charge in [-0.25, -0.2) is 13.4 Å². The Hall–Kier alpha value is -2.12. The van der Waals surface area contributed by atoms with Crippen molar-refractivity contribution in [2.45, 2.75) is 11.8 Å². The van der Waals surface area contributed by atoms with E-state index in [1.165, 1.54) is 17.4 Å². The number of nitrogen functional groups attached to an aromatic ring is 1. The monoisotopic (exact) mass is 319 g/mol. The lowest BCUT2D eigenvalue weighted by molar-refractivity contribution is 0.601. The summed E-state index contributed by atoms with van der Waals surface area (Å²) in [6, 6.07) is 12.3. The highest BCUT2D eigenvalue weighted by Gasteiger charge is 2.19. The van der Waals surface area contributed by atoms with Crippen molar-refractivity contribution in [3.8, 4) is 0 Å². The average Bonchev–Trinajstić information content (AvgIpc) is 2.79. The summed E-state index contributed by atoms with van der Waals surface area (Å²) in [7, 11) is -3.74. The van der Waals surface area contributed by atoms with Crippen LogP contribution in [0, 0.1) is 6.92 Å². The van der Waals surface area contributed by atoms with E-state index in [2.05, 4.69) is 9.71 Å². The number of hydrogen-bond donors (Lipinski definition) is 2. The molecule has 0 aliphatic heterocycles. The van der Waals surface area contributed by atoms with Crippen molar-refractivity contribution in [1.29, 1.82) is 0 Å². The van der Waals surface area contributed by atoms with Crippen LogP contribution in [-0.2, 0) is 10.0 Å². The zero-order valence-corrected chi connectivity index (χ0v) is 12.8. The summed E-state index contributed by atoms with van der Waals surface area (Å²) in [5, 5.41) is 0.330. The number of nitrogens with two attached hydrogens (primary N) is 1. The third kappa shape index (κ3) is 2.70. The number of anilines is 2. The topological polar surface area (TPSA) is 85.1 Å². The predicted octanol–water partition coefficient (Wildman–Crippen LogP) is 2.99. The third-order valence-electron chi connectivity index (χ3n) is 2.97. The minimum Gasteiger partial charge on any atom is -0.398 e. The Morgan fingerprint density at radius 1 is 1.19 bits per heavy atom. The average molecular weight is 319 g/mol. The summed E-state index contributed by atoms with van der Waals surface area (Å²) < 4.78 is 28.2. The lowest BCUT2D eigenvalue weighted by atomic mass is 10.2. The molecule has 0 saturated heterocycles. The van der Waals surface area contributed by atoms with Gasteiger partial charge in [-0.2, -0.15) is 0 Å². The largest absolute Gasteiger partial charge is 0.398 e. The number of para-hydroxylation sites is 1. The van der Waals surface area contributed by atoms with E-state index in [4.69, 9.17) is 5.73 Å². The molecule has 2 aromatic carbocycles. The lowest BCUT2D eigenvalue weighted by Gasteiger charge is -2.08. The molecule has 0 atom stereocenters. The fourth-order valence-corrected chi connectivity index (χ4v) is 4.21. The third-order valence-corrected chi connectivity index (χ3v) is 5.46. The van der Waals surface area contributed by atoms with E-state index in [1.807, 2.05) is 31.2 Å². The van der Waals surface area contributed by atoms with Crippen LogP contribution >= 0.6 is 11.3 Å². The molecular weight excluding hydrogens is 306 g/mol. The summed E-state index contributed by atoms with van der Waals surface area (Å²) >= 11 is 1.29. The Balaban J connectivity index is 1.99. The first-order valence-corrected chi connectivity index (χ1v) is 8.50. The summed E-state index contributed by atoms with van der Waals surface area (Å²) in [6.07, 6.45) is 0. The number of aromatic nitrogens is 1. The van der Waals surface area contributed by atoms with Crippen LogP contribution in [0.4, 0.5) is 10.8 Å². The Labute approximate surface area is 126 Å². The van der Waals surface area contributed by atoms with E-state index in [0.29, 0.717) is 5.13 Å². The summed E-state index contributed by atoms with van der Waals surface area (Å²) in [6.45, 7) is 1.85. The maximum Gasteiger partial charge on any atom is 0.265 e. The molecule has 0 amide bonds. The Morgan fingerprint density at radius 3 is 2.67 bits per heavy atom. The van der Waals surface area contributed by atoms with Crippen LogP contribution in [0.15, 0.2) is 47.4 Å². The SMILES string of the molecule is Cc1ccc(S(=O)(=O)Nc2nc3ccccc3s2)c(N)c1. The van der Waals surface area contributed by atoms with E-state index in [9.17, 15) is 8.42 Å². The van der Waals surface area contributed by atoms with E-state index < -0.39 is 10.0 Å². The number of nitrogens with one attached hydrogen (secondary N) is 1. The Bertz CT molecular complexity index is 884. The normalized spacial score (nSPS) is 11.7. The fraction of sp³-hybridized carbons (Fsp3) is 0.0714. The number of hydrogen-bond acceptors (Lipinski definition) is 5. The van der Waals surface area contributed by atoms with Crippen molar-refractivity contribution in [3.05, 3.63) is 48.0 Å². The second kappa shape index (κ2) is 5.01. The van der Waals surface area contributed by atoms with Gasteiger partial charge >= 0.3 is 0 Å². The number of rotatable bonds is 3. The molecule has 21 heavy (non-hydrogen) atoms. The standard InChI is InChI=1S/C14H13N3O2S2/c1-9-6-7-13(10(15)8-9)21(18,19)17-14-16-11-4-2-3-5-12(11)20-14/h2-8H,15H2,1H3,(H,16,17). The molecule has 0 fully saturated rings. The van der Waals surface area contributed by atoms with Gasteiger partial charge in [0.15, 0.2) is 5.13 Å². The molecule has 0 aliphatic carbocycles. The van der Waals surface area contributed by atoms with Gasteiger partial charge < -0.3 is 5.73 Å². The molecule has 3 aromatic rings. The molecule has 0 saturated carbocycles. The first-order valence-electron chi connectivity index (χ1n) is 6.20. The molecule has 0 unspecified atom stereocenters. The number of nitrogens with zero attached hydrogens (tertiary/aromatic N) is 1. The molecule has 7 heteroatoms. The molecule has 1 heterocycles. The van der Waals surface area contributed by atoms with Crippen LogP contribution in [0.5, 0.6) is 0 Å². The van der Waals surface area contributed by atoms with Gasteiger partial charge in [-0.1, -0.05) is 29.5 Å². The van der Waals surface area contributed by atoms with Crippen LogP contribution in [0.3, 0.4) is 0 Å². The van der Waals surface area contributed by atoms with Crippen molar-refractivity contribution in [3.63, 3.8) is 0 Å². The number of aryl methyl sites for hydroxylation is 1. The molecule has 1 aromatic heterocycles. The number of fused-ring (bicyclic) bond motifs is 1. The molecule has 0 aliphatic rings. The highest BCUT2D eigenvalue weighted by atomic mass is 32.2. The molecule has 3 rings (SSSR count). The molecule has 3 N–H and O–H groups in total. The van der Waals surface area contributed by atoms with E-state index >= 15 is 0 Å². The molecular formula is C14H13N3O2S2. The minimum absolute atomic E-state index is 0.0624. The predicted molar refractivity (Wildman–Crippen MR) is 86.0 cm³/mol. The zero-order chi connectivity index (χ0) is 15.0. The number of sulfonamides is 1. The van der Waals surface area contributed by atoms with E-state index in [0.717, 1.165) is 15.8 Å². The first-order chi connectivity index (χ1) is 9.95. The van der Waals surface area contributed by atoms with Crippen molar-refractivity contribution >= 4 is 42.4 Å². The van der Waals surface area contributed by atoms with Crippen molar-refractivity contribution in [2.75, 3.05) is 10.5 Å². The number of benzene rings is 2. The second-order valence-corrected chi connectivity index (χ2v) is 7.31. The smallest absolute Gasteiger partial charge is 0.265 e. The lowest BCUT2D eigenvalue weighted by Crippen LogP contribution is -2.14. The van der Waals surface area contributed by atoms with Crippen molar-refractivity contribution < 1.29 is 8.42 Å². The van der Waals surface area contributed by atoms with Gasteiger partial charge in [-0.3, -0.25) is 4.72 Å². The molecule has 0 spiro atoms. The molecule has 108 valence electrons. The van der Waals surface area contributed by atoms with Crippen LogP contribution in [-0.4, -0.2) is 13.4 Å². The van der Waals surface area contributed by atoms with Gasteiger partial charge in [0.2, 0.25) is 0 Å². The zero-order valence-electron chi connectivity index (χ0n) is 11.2. The van der Waals surface area contributed by atoms with Crippen LogP contribution < -0.4 is 10.5 Å². The first kappa shape index (κ1) is 13.8. The van der Waals surface area contributed by atoms with Gasteiger partial charge in [0.25, 0.3) is 10.0 Å². The maximum absolute atomic E-state index is 12.4. The highest BCUT2D eigenvalue weighted by molar-refractivity contribution is 7.93. The Kier molecular flexibility index (Phi) is 3.30. The highest BCUT2D eigenvalue weighted by Crippen LogP contribution is 2.28. The van der Waals surface area contributed by atoms with Gasteiger partial charge in [0, 0.05) is 0 Å². The van der Waals surface area contributed by atoms with E-state index in [1.54, 1.807) is 12.1 Å². The van der Waals surface area contributed by atoms with Gasteiger partial charge in [-0.15, -0.1) is 0 Å². The molecule has 0 radical (unpaired) electrons. The minimum atomic E-state index is -3.74. The van der Waals surface area contributed by atoms with Gasteiger partial charge in [0.05, 0.1) is 15.9 Å². The van der Waals surface area contributed by atoms with Crippen LogP contribution in [0.2, 0.25) is 0 Å². The number of thiazole rings is 1. The molecule has 5 nitrogen and oxygen atoms in total. The van der Waals surface area contributed by atoms with Gasteiger partial charge in [-0.05, 0) is 36.8 Å². The Morgan fingerprint density at radius 2 is 1.95 bits per heavy atom. The molecule has 0 bridgehead atoms. The van der Waals surface area contributed by atoms with Crippen molar-refractivity contribution in [1.82, 2.24) is 4.98 Å². The van der Waals surface area contributed by atoms with Crippen LogP contribution in [0.1, 0.15) is 5.56 Å². The van der Waals surface area contributed by atoms with E-state index in [-0.39, 0.29) is 10.6 Å². The summed E-state index contributed by atoms with van der Waals surface area (Å²) in [4.78, 5) is 4.32. The maximum atomic E-state index is 12.4. The summed E-state index contributed by atoms with van der Waals surface area (Å²) in [5.74, 6) is 0. The second-order valence-electron chi connectivity index (χ2n) is 4.63. The fourth-order valence-electron chi connectivity index (χ4n) is 2.00. The summed E-state index contributed by atoms with van der Waals surface area (Å²) in [5.41, 5.74) is 7.70.